The van der Waals surface area contributed by atoms with E-state index in [0.29, 0.717) is 5.56 Å². The average Bonchev–Trinajstić information content (AvgIpc) is 3.01. The number of esters is 1. The molecule has 1 saturated heterocycles. The van der Waals surface area contributed by atoms with E-state index in [1.54, 1.807) is 0 Å². The van der Waals surface area contributed by atoms with E-state index in [2.05, 4.69) is 0 Å². The van der Waals surface area contributed by atoms with Crippen LogP contribution in [-0.4, -0.2) is 91.2 Å². The summed E-state index contributed by atoms with van der Waals surface area (Å²) in [7, 11) is 1.32. The van der Waals surface area contributed by atoms with Crippen molar-refractivity contribution >= 4 is 23.0 Å². The van der Waals surface area contributed by atoms with E-state index in [0.717, 1.165) is 18.2 Å². The summed E-state index contributed by atoms with van der Waals surface area (Å²) < 4.78 is 27.3. The Morgan fingerprint density at radius 2 is 1.63 bits per heavy atom. The van der Waals surface area contributed by atoms with Gasteiger partial charge in [0.15, 0.2) is 28.8 Å². The minimum absolute atomic E-state index is 0.0558. The lowest BCUT2D eigenvalue weighted by molar-refractivity contribution is -0.278. The Morgan fingerprint density at radius 3 is 2.33 bits per heavy atom. The monoisotopic (exact) mass is 640 g/mol. The maximum atomic E-state index is 13.6. The number of hydrogen-bond donors (Lipinski definition) is 8. The third kappa shape index (κ3) is 6.33. The van der Waals surface area contributed by atoms with E-state index < -0.39 is 77.1 Å². The molecule has 0 radical (unpaired) electrons. The predicted molar refractivity (Wildman–Crippen MR) is 157 cm³/mol. The van der Waals surface area contributed by atoms with Crippen molar-refractivity contribution in [3.05, 3.63) is 70.4 Å². The number of ether oxygens (including phenoxy) is 4. The second-order valence-electron chi connectivity index (χ2n) is 10.2. The predicted octanol–water partition coefficient (Wildman–Crippen LogP) is 1.44. The molecule has 1 aliphatic rings. The number of rotatable bonds is 8. The van der Waals surface area contributed by atoms with E-state index in [4.69, 9.17) is 23.4 Å². The first-order chi connectivity index (χ1) is 21.9. The van der Waals surface area contributed by atoms with Crippen LogP contribution in [0.4, 0.5) is 0 Å². The van der Waals surface area contributed by atoms with Crippen LogP contribution < -0.4 is 14.9 Å². The molecule has 0 bridgehead atoms. The van der Waals surface area contributed by atoms with Crippen LogP contribution in [0.25, 0.3) is 28.4 Å². The van der Waals surface area contributed by atoms with Gasteiger partial charge < -0.3 is 64.2 Å². The molecule has 5 rings (SSSR count). The molecule has 15 heteroatoms. The SMILES string of the molecule is COc1ccc(-c2oc3cc(O)cc(O)c3c(=O)c2O[C@@H]2O[C@H](COC(=O)/C=C/c3ccc(O)c(O)c3)[C@H](O)[C@H](O)[C@H]2O)cc1O. The average molecular weight is 641 g/mol. The quantitative estimate of drug-likeness (QED) is 0.0771. The standard InChI is InChI=1S/C31H28O15/c1-42-20-6-4-14(9-18(20)35)29-30(26(39)24-19(36)10-15(32)11-21(24)44-29)46-31-28(41)27(40)25(38)22(45-31)12-43-23(37)7-3-13-2-5-16(33)17(34)8-13/h2-11,22,25,27-28,31-36,38,40-41H,12H2,1H3/b7-3+/t22-,25+,27+,28-,31+/m1/s1. The van der Waals surface area contributed by atoms with E-state index in [1.807, 2.05) is 0 Å². The molecule has 1 aliphatic heterocycles. The zero-order valence-electron chi connectivity index (χ0n) is 23.8. The third-order valence-corrected chi connectivity index (χ3v) is 7.06. The van der Waals surface area contributed by atoms with Gasteiger partial charge in [0.1, 0.15) is 53.5 Å². The smallest absolute Gasteiger partial charge is 0.330 e. The van der Waals surface area contributed by atoms with Gasteiger partial charge in [-0.1, -0.05) is 6.07 Å². The van der Waals surface area contributed by atoms with Crippen molar-refractivity contribution in [2.24, 2.45) is 0 Å². The zero-order chi connectivity index (χ0) is 33.3. The van der Waals surface area contributed by atoms with Crippen LogP contribution in [0.3, 0.4) is 0 Å². The van der Waals surface area contributed by atoms with Gasteiger partial charge in [-0.15, -0.1) is 0 Å². The Bertz CT molecular complexity index is 1860. The highest BCUT2D eigenvalue weighted by molar-refractivity contribution is 5.88. The van der Waals surface area contributed by atoms with Crippen LogP contribution in [0.15, 0.2) is 63.8 Å². The summed E-state index contributed by atoms with van der Waals surface area (Å²) in [6.45, 7) is -0.652. The second kappa shape index (κ2) is 12.9. The number of fused-ring (bicyclic) bond motifs is 1. The summed E-state index contributed by atoms with van der Waals surface area (Å²) in [5, 5.41) is 81.0. The summed E-state index contributed by atoms with van der Waals surface area (Å²) >= 11 is 0. The molecule has 1 fully saturated rings. The minimum atomic E-state index is -1.95. The molecule has 0 spiro atoms. The van der Waals surface area contributed by atoms with Gasteiger partial charge in [-0.25, -0.2) is 4.79 Å². The lowest BCUT2D eigenvalue weighted by atomic mass is 9.99. The first kappa shape index (κ1) is 31.9. The van der Waals surface area contributed by atoms with Gasteiger partial charge in [0.05, 0.1) is 7.11 Å². The maximum Gasteiger partial charge on any atom is 0.330 e. The molecule has 15 nitrogen and oxygen atoms in total. The Kier molecular flexibility index (Phi) is 8.93. The van der Waals surface area contributed by atoms with Crippen LogP contribution in [0.2, 0.25) is 0 Å². The fourth-order valence-corrected chi connectivity index (χ4v) is 4.69. The first-order valence-electron chi connectivity index (χ1n) is 13.5. The molecule has 0 unspecified atom stereocenters. The van der Waals surface area contributed by atoms with E-state index >= 15 is 0 Å². The van der Waals surface area contributed by atoms with Gasteiger partial charge in [0.25, 0.3) is 0 Å². The summed E-state index contributed by atoms with van der Waals surface area (Å²) in [6, 6.07) is 9.69. The third-order valence-electron chi connectivity index (χ3n) is 7.06. The Morgan fingerprint density at radius 1 is 0.870 bits per heavy atom. The van der Waals surface area contributed by atoms with Gasteiger partial charge in [0.2, 0.25) is 17.5 Å². The number of carbonyl (C=O) groups excluding carboxylic acids is 1. The summed E-state index contributed by atoms with van der Waals surface area (Å²) in [5.41, 5.74) is -0.847. The molecule has 3 aromatic carbocycles. The molecule has 5 atom stereocenters. The number of phenols is 5. The summed E-state index contributed by atoms with van der Waals surface area (Å²) in [4.78, 5) is 26.0. The van der Waals surface area contributed by atoms with Gasteiger partial charge in [0, 0.05) is 23.8 Å². The van der Waals surface area contributed by atoms with Gasteiger partial charge in [-0.3, -0.25) is 4.79 Å². The number of benzene rings is 3. The van der Waals surface area contributed by atoms with Crippen molar-refractivity contribution in [2.75, 3.05) is 13.7 Å². The molecule has 0 saturated carbocycles. The number of aliphatic hydroxyl groups is 3. The first-order valence-corrected chi connectivity index (χ1v) is 13.5. The summed E-state index contributed by atoms with van der Waals surface area (Å²) in [6.07, 6.45) is -6.74. The molecular formula is C31H28O15. The Hall–Kier alpha value is -5.48. The fourth-order valence-electron chi connectivity index (χ4n) is 4.69. The number of aliphatic hydroxyl groups excluding tert-OH is 3. The molecule has 2 heterocycles. The van der Waals surface area contributed by atoms with Crippen molar-refractivity contribution < 1.29 is 69.0 Å². The molecule has 4 aromatic rings. The normalized spacial score (nSPS) is 21.3. The van der Waals surface area contributed by atoms with Gasteiger partial charge in [-0.2, -0.15) is 0 Å². The number of aromatic hydroxyl groups is 5. The van der Waals surface area contributed by atoms with E-state index in [1.165, 1.54) is 49.6 Å². The van der Waals surface area contributed by atoms with Crippen molar-refractivity contribution in [3.63, 3.8) is 0 Å². The molecule has 0 aliphatic carbocycles. The second-order valence-corrected chi connectivity index (χ2v) is 10.2. The number of carbonyl (C=O) groups is 1. The van der Waals surface area contributed by atoms with Crippen molar-refractivity contribution in [1.29, 1.82) is 0 Å². The van der Waals surface area contributed by atoms with Crippen molar-refractivity contribution in [1.82, 2.24) is 0 Å². The van der Waals surface area contributed by atoms with Crippen LogP contribution in [0.1, 0.15) is 5.56 Å². The molecule has 0 amide bonds. The number of phenolic OH excluding ortho intramolecular Hbond substituents is 5. The highest BCUT2D eigenvalue weighted by Crippen LogP contribution is 2.39. The van der Waals surface area contributed by atoms with Crippen LogP contribution >= 0.6 is 0 Å². The van der Waals surface area contributed by atoms with Crippen molar-refractivity contribution in [2.45, 2.75) is 30.7 Å². The lowest BCUT2D eigenvalue weighted by Crippen LogP contribution is -2.60. The van der Waals surface area contributed by atoms with Crippen LogP contribution in [0.5, 0.6) is 40.2 Å². The van der Waals surface area contributed by atoms with Gasteiger partial charge in [-0.05, 0) is 42.0 Å². The van der Waals surface area contributed by atoms with Gasteiger partial charge >= 0.3 is 5.97 Å². The fraction of sp³-hybridized carbons (Fsp3) is 0.226. The van der Waals surface area contributed by atoms with Crippen molar-refractivity contribution in [3.8, 4) is 51.6 Å². The van der Waals surface area contributed by atoms with E-state index in [-0.39, 0.29) is 34.2 Å². The zero-order valence-corrected chi connectivity index (χ0v) is 23.8. The summed E-state index contributed by atoms with van der Waals surface area (Å²) in [5.74, 6) is -4.04. The Balaban J connectivity index is 1.43. The maximum absolute atomic E-state index is 13.6. The lowest BCUT2D eigenvalue weighted by Gasteiger charge is -2.39. The highest BCUT2D eigenvalue weighted by atomic mass is 16.7. The Labute approximate surface area is 258 Å². The minimum Gasteiger partial charge on any atom is -0.508 e. The topological polar surface area (TPSA) is 246 Å². The molecule has 8 N–H and O–H groups in total. The molecule has 1 aromatic heterocycles. The van der Waals surface area contributed by atoms with Crippen LogP contribution in [-0.2, 0) is 14.3 Å². The molecular weight excluding hydrogens is 612 g/mol. The molecule has 242 valence electrons. The highest BCUT2D eigenvalue weighted by Gasteiger charge is 2.46. The van der Waals surface area contributed by atoms with E-state index in [9.17, 15) is 50.4 Å². The largest absolute Gasteiger partial charge is 0.508 e. The number of hydrogen-bond acceptors (Lipinski definition) is 15. The van der Waals surface area contributed by atoms with Crippen LogP contribution in [0, 0.1) is 0 Å². The number of methoxy groups -OCH3 is 1. The molecule has 46 heavy (non-hydrogen) atoms.